The molecule has 1 N–H and O–H groups in total. The Labute approximate surface area is 99.0 Å². The van der Waals surface area contributed by atoms with E-state index in [-0.39, 0.29) is 10.8 Å². The molecule has 0 amide bonds. The molecule has 0 saturated heterocycles. The van der Waals surface area contributed by atoms with Gasteiger partial charge in [0.1, 0.15) is 11.0 Å². The predicted octanol–water partition coefficient (Wildman–Crippen LogP) is 3.10. The molecule has 0 spiro atoms. The van der Waals surface area contributed by atoms with Crippen molar-refractivity contribution < 1.29 is 4.92 Å². The molecule has 1 unspecified atom stereocenters. The fraction of sp³-hybridized carbons (Fsp3) is 0.500. The van der Waals surface area contributed by atoms with Gasteiger partial charge in [-0.25, -0.2) is 4.98 Å². The van der Waals surface area contributed by atoms with Gasteiger partial charge in [-0.2, -0.15) is 0 Å². The summed E-state index contributed by atoms with van der Waals surface area (Å²) < 4.78 is 0. The minimum Gasteiger partial charge on any atom is -0.370 e. The number of hydrogen-bond donors (Lipinski definition) is 1. The molecule has 88 valence electrons. The first-order valence-electron chi connectivity index (χ1n) is 5.08. The van der Waals surface area contributed by atoms with E-state index in [9.17, 15) is 10.1 Å². The van der Waals surface area contributed by atoms with Gasteiger partial charge in [0.05, 0.1) is 17.1 Å². The van der Waals surface area contributed by atoms with Gasteiger partial charge < -0.3 is 5.32 Å². The van der Waals surface area contributed by atoms with Crippen molar-refractivity contribution in [1.82, 2.24) is 4.98 Å². The second-order valence-electron chi connectivity index (χ2n) is 3.68. The Balaban J connectivity index is 2.76. The molecule has 1 aromatic rings. The van der Waals surface area contributed by atoms with Gasteiger partial charge in [0.15, 0.2) is 0 Å². The number of hydrogen-bond acceptors (Lipinski definition) is 4. The minimum atomic E-state index is -0.484. The standard InChI is InChI=1S/C10H14ClN3O2/c1-3-7(2)6-12-10-5-8(14(15)16)4-9(11)13-10/h4-5,7H,3,6H2,1-2H3,(H,12,13). The van der Waals surface area contributed by atoms with Crippen LogP contribution in [0.25, 0.3) is 0 Å². The molecule has 1 atom stereocenters. The third-order valence-electron chi connectivity index (χ3n) is 2.32. The summed E-state index contributed by atoms with van der Waals surface area (Å²) in [6, 6.07) is 2.62. The number of nitrogens with one attached hydrogen (secondary N) is 1. The van der Waals surface area contributed by atoms with Gasteiger partial charge in [0.25, 0.3) is 5.69 Å². The van der Waals surface area contributed by atoms with Crippen LogP contribution in [0.4, 0.5) is 11.5 Å². The maximum atomic E-state index is 10.6. The number of nitro groups is 1. The Hall–Kier alpha value is -1.36. The van der Waals surface area contributed by atoms with Gasteiger partial charge in [-0.1, -0.05) is 31.9 Å². The summed E-state index contributed by atoms with van der Waals surface area (Å²) in [7, 11) is 0. The van der Waals surface area contributed by atoms with E-state index in [1.807, 2.05) is 0 Å². The molecule has 1 rings (SSSR count). The van der Waals surface area contributed by atoms with Crippen LogP contribution in [-0.2, 0) is 0 Å². The second kappa shape index (κ2) is 5.65. The Bertz CT molecular complexity index is 384. The van der Waals surface area contributed by atoms with E-state index in [0.717, 1.165) is 13.0 Å². The highest BCUT2D eigenvalue weighted by atomic mass is 35.5. The molecule has 0 saturated carbocycles. The summed E-state index contributed by atoms with van der Waals surface area (Å²) >= 11 is 5.69. The monoisotopic (exact) mass is 243 g/mol. The lowest BCUT2D eigenvalue weighted by molar-refractivity contribution is -0.384. The third-order valence-corrected chi connectivity index (χ3v) is 2.51. The van der Waals surface area contributed by atoms with E-state index in [1.165, 1.54) is 12.1 Å². The van der Waals surface area contributed by atoms with Crippen LogP contribution >= 0.6 is 11.6 Å². The highest BCUT2D eigenvalue weighted by Crippen LogP contribution is 2.20. The van der Waals surface area contributed by atoms with Crippen molar-refractivity contribution in [2.24, 2.45) is 5.92 Å². The number of aromatic nitrogens is 1. The molecule has 0 aliphatic heterocycles. The van der Waals surface area contributed by atoms with Crippen LogP contribution in [0.5, 0.6) is 0 Å². The van der Waals surface area contributed by atoms with Crippen LogP contribution < -0.4 is 5.32 Å². The maximum Gasteiger partial charge on any atom is 0.276 e. The maximum absolute atomic E-state index is 10.6. The Morgan fingerprint density at radius 3 is 2.88 bits per heavy atom. The van der Waals surface area contributed by atoms with Crippen molar-refractivity contribution in [1.29, 1.82) is 0 Å². The van der Waals surface area contributed by atoms with Crippen molar-refractivity contribution in [2.45, 2.75) is 20.3 Å². The van der Waals surface area contributed by atoms with Crippen molar-refractivity contribution >= 4 is 23.1 Å². The highest BCUT2D eigenvalue weighted by molar-refractivity contribution is 6.29. The van der Waals surface area contributed by atoms with Crippen LogP contribution in [0.3, 0.4) is 0 Å². The largest absolute Gasteiger partial charge is 0.370 e. The van der Waals surface area contributed by atoms with Gasteiger partial charge in [0, 0.05) is 6.54 Å². The van der Waals surface area contributed by atoms with Crippen molar-refractivity contribution in [3.8, 4) is 0 Å². The molecule has 6 heteroatoms. The number of halogens is 1. The average molecular weight is 244 g/mol. The number of nitrogens with zero attached hydrogens (tertiary/aromatic N) is 2. The molecule has 5 nitrogen and oxygen atoms in total. The zero-order chi connectivity index (χ0) is 12.1. The van der Waals surface area contributed by atoms with Gasteiger partial charge in [-0.3, -0.25) is 10.1 Å². The molecule has 16 heavy (non-hydrogen) atoms. The first kappa shape index (κ1) is 12.7. The average Bonchev–Trinajstić information content (AvgIpc) is 2.25. The lowest BCUT2D eigenvalue weighted by Crippen LogP contribution is -2.11. The lowest BCUT2D eigenvalue weighted by atomic mass is 10.1. The van der Waals surface area contributed by atoms with E-state index in [1.54, 1.807) is 0 Å². The van der Waals surface area contributed by atoms with Crippen LogP contribution in [0.1, 0.15) is 20.3 Å². The molecule has 0 radical (unpaired) electrons. The van der Waals surface area contributed by atoms with Crippen LogP contribution in [0, 0.1) is 16.0 Å². The molecule has 0 bridgehead atoms. The van der Waals surface area contributed by atoms with Gasteiger partial charge in [-0.05, 0) is 5.92 Å². The van der Waals surface area contributed by atoms with Crippen molar-refractivity contribution in [3.63, 3.8) is 0 Å². The molecular formula is C10H14ClN3O2. The van der Waals surface area contributed by atoms with Crippen molar-refractivity contribution in [3.05, 3.63) is 27.4 Å². The third kappa shape index (κ3) is 3.66. The molecule has 1 heterocycles. The number of anilines is 1. The minimum absolute atomic E-state index is 0.0494. The van der Waals surface area contributed by atoms with Crippen LogP contribution in [-0.4, -0.2) is 16.5 Å². The normalized spacial score (nSPS) is 12.2. The SMILES string of the molecule is CCC(C)CNc1cc([N+](=O)[O-])cc(Cl)n1. The summed E-state index contributed by atoms with van der Waals surface area (Å²) in [6.45, 7) is 4.90. The fourth-order valence-corrected chi connectivity index (χ4v) is 1.31. The Morgan fingerprint density at radius 1 is 1.62 bits per heavy atom. The molecule has 0 aromatic carbocycles. The van der Waals surface area contributed by atoms with E-state index in [0.29, 0.717) is 11.7 Å². The summed E-state index contributed by atoms with van der Waals surface area (Å²) in [5.41, 5.74) is -0.0494. The zero-order valence-corrected chi connectivity index (χ0v) is 9.99. The lowest BCUT2D eigenvalue weighted by Gasteiger charge is -2.10. The molecule has 1 aromatic heterocycles. The zero-order valence-electron chi connectivity index (χ0n) is 9.24. The van der Waals surface area contributed by atoms with E-state index < -0.39 is 4.92 Å². The van der Waals surface area contributed by atoms with E-state index in [2.05, 4.69) is 24.1 Å². The first-order valence-corrected chi connectivity index (χ1v) is 5.46. The molecular weight excluding hydrogens is 230 g/mol. The first-order chi connectivity index (χ1) is 7.52. The fourth-order valence-electron chi connectivity index (χ4n) is 1.10. The topological polar surface area (TPSA) is 68.1 Å². The van der Waals surface area contributed by atoms with Crippen molar-refractivity contribution in [2.75, 3.05) is 11.9 Å². The van der Waals surface area contributed by atoms with Crippen LogP contribution in [0.2, 0.25) is 5.15 Å². The predicted molar refractivity (Wildman–Crippen MR) is 63.8 cm³/mol. The second-order valence-corrected chi connectivity index (χ2v) is 4.07. The molecule has 0 aliphatic carbocycles. The number of pyridine rings is 1. The number of rotatable bonds is 5. The summed E-state index contributed by atoms with van der Waals surface area (Å²) in [5, 5.41) is 13.7. The smallest absolute Gasteiger partial charge is 0.276 e. The summed E-state index contributed by atoms with van der Waals surface area (Å²) in [6.07, 6.45) is 1.04. The van der Waals surface area contributed by atoms with Gasteiger partial charge >= 0.3 is 0 Å². The molecule has 0 aliphatic rings. The van der Waals surface area contributed by atoms with Gasteiger partial charge in [0.2, 0.25) is 0 Å². The summed E-state index contributed by atoms with van der Waals surface area (Å²) in [5.74, 6) is 0.930. The Kier molecular flexibility index (Phi) is 4.49. The highest BCUT2D eigenvalue weighted by Gasteiger charge is 2.10. The van der Waals surface area contributed by atoms with E-state index >= 15 is 0 Å². The van der Waals surface area contributed by atoms with Gasteiger partial charge in [-0.15, -0.1) is 0 Å². The Morgan fingerprint density at radius 2 is 2.31 bits per heavy atom. The molecule has 0 fully saturated rings. The quantitative estimate of drug-likeness (QED) is 0.490. The van der Waals surface area contributed by atoms with E-state index in [4.69, 9.17) is 11.6 Å². The van der Waals surface area contributed by atoms with Crippen LogP contribution in [0.15, 0.2) is 12.1 Å². The summed E-state index contributed by atoms with van der Waals surface area (Å²) in [4.78, 5) is 14.1.